The van der Waals surface area contributed by atoms with E-state index in [1.54, 1.807) is 40.7 Å². The van der Waals surface area contributed by atoms with Crippen molar-refractivity contribution in [2.24, 2.45) is 23.7 Å². The summed E-state index contributed by atoms with van der Waals surface area (Å²) in [5.41, 5.74) is -0.665. The molecule has 1 aromatic carbocycles. The van der Waals surface area contributed by atoms with E-state index in [0.717, 1.165) is 10.9 Å². The number of rotatable bonds is 7. The van der Waals surface area contributed by atoms with Crippen molar-refractivity contribution in [3.8, 4) is 23.2 Å². The van der Waals surface area contributed by atoms with Crippen LogP contribution in [0.2, 0.25) is 0 Å². The van der Waals surface area contributed by atoms with Crippen LogP contribution in [0.4, 0.5) is 4.79 Å². The maximum atomic E-state index is 14.5. The van der Waals surface area contributed by atoms with E-state index in [-0.39, 0.29) is 36.7 Å². The van der Waals surface area contributed by atoms with Crippen LogP contribution in [0.3, 0.4) is 0 Å². The molecule has 3 N–H and O–H groups in total. The number of para-hydroxylation sites is 1. The highest BCUT2D eigenvalue weighted by Gasteiger charge is 2.55. The second-order valence-corrected chi connectivity index (χ2v) is 17.4. The molecule has 2 amide bonds. The number of carbonyl (C=O) groups excluding carboxylic acids is 4. The number of amides is 2. The second kappa shape index (κ2) is 18.1. The van der Waals surface area contributed by atoms with Crippen LogP contribution < -0.4 is 10.6 Å². The van der Waals surface area contributed by atoms with Crippen LogP contribution in [-0.2, 0) is 33.3 Å². The first-order valence-electron chi connectivity index (χ1n) is 20.8. The molecule has 15 nitrogen and oxygen atoms in total. The number of hydrogen-bond donors (Lipinski definition) is 3. The van der Waals surface area contributed by atoms with Gasteiger partial charge in [0.05, 0.1) is 40.6 Å². The number of Topliss-reactive ketones (excluding diaryl/α,β-unsaturated/α-hetero) is 2. The summed E-state index contributed by atoms with van der Waals surface area (Å²) in [6, 6.07) is 11.7. The minimum Gasteiger partial charge on any atom is -0.459 e. The van der Waals surface area contributed by atoms with E-state index in [9.17, 15) is 24.3 Å². The molecular formula is C45H59N5O10. The Hall–Kier alpha value is -4.72. The SMILES string of the molecule is CC[C@H]1OC(=O)[C@H](C)C(=O)[C@H](C)[C@@H](O[C@@H]2O[C@H](C)C[C@H](N(C)C)[C@H]2O)[C@](C)(OCC#Cc2cc(-c3ccc4ccccc4n3)no2)C[C@@H](C)C(=O)[C@H](C)[C@H]2NC(=O)N[C@@]21C. The number of aliphatic hydroxyl groups is 1. The number of fused-ring (bicyclic) bond motifs is 2. The van der Waals surface area contributed by atoms with Crippen molar-refractivity contribution >= 4 is 34.5 Å². The van der Waals surface area contributed by atoms with E-state index in [1.165, 1.54) is 6.92 Å². The fourth-order valence-corrected chi connectivity index (χ4v) is 9.26. The predicted octanol–water partition coefficient (Wildman–Crippen LogP) is 4.68. The number of cyclic esters (lactones) is 1. The number of pyridine rings is 1. The third-order valence-corrected chi connectivity index (χ3v) is 12.7. The summed E-state index contributed by atoms with van der Waals surface area (Å²) in [6.07, 6.45) is -3.76. The Labute approximate surface area is 351 Å². The Morgan fingerprint density at radius 3 is 2.43 bits per heavy atom. The lowest BCUT2D eigenvalue weighted by molar-refractivity contribution is -0.296. The first-order valence-corrected chi connectivity index (χ1v) is 20.8. The number of aliphatic hydroxyl groups excluding tert-OH is 1. The molecule has 3 fully saturated rings. The van der Waals surface area contributed by atoms with Gasteiger partial charge < -0.3 is 44.1 Å². The van der Waals surface area contributed by atoms with E-state index >= 15 is 0 Å². The van der Waals surface area contributed by atoms with Gasteiger partial charge in [-0.05, 0) is 79.1 Å². The zero-order valence-electron chi connectivity index (χ0n) is 36.2. The maximum Gasteiger partial charge on any atom is 0.316 e. The molecule has 3 aromatic rings. The summed E-state index contributed by atoms with van der Waals surface area (Å²) in [6.45, 7) is 13.6. The van der Waals surface area contributed by atoms with Gasteiger partial charge in [0.1, 0.15) is 36.2 Å². The summed E-state index contributed by atoms with van der Waals surface area (Å²) in [7, 11) is 3.72. The van der Waals surface area contributed by atoms with Gasteiger partial charge in [-0.3, -0.25) is 14.4 Å². The first-order chi connectivity index (χ1) is 28.4. The smallest absolute Gasteiger partial charge is 0.316 e. The van der Waals surface area contributed by atoms with Crippen molar-refractivity contribution in [1.29, 1.82) is 0 Å². The topological polar surface area (TPSA) is 192 Å². The molecule has 324 valence electrons. The van der Waals surface area contributed by atoms with E-state index in [1.807, 2.05) is 69.2 Å². The molecule has 15 heteroatoms. The zero-order chi connectivity index (χ0) is 43.7. The van der Waals surface area contributed by atoms with Crippen LogP contribution in [0.1, 0.15) is 80.4 Å². The van der Waals surface area contributed by atoms with Crippen LogP contribution in [0.25, 0.3) is 22.3 Å². The third-order valence-electron chi connectivity index (χ3n) is 12.7. The van der Waals surface area contributed by atoms with Gasteiger partial charge in [0.15, 0.2) is 12.1 Å². The van der Waals surface area contributed by atoms with Crippen molar-refractivity contribution < 1.29 is 47.8 Å². The average molecular weight is 830 g/mol. The third kappa shape index (κ3) is 9.13. The number of esters is 1. The van der Waals surface area contributed by atoms with Gasteiger partial charge in [-0.25, -0.2) is 9.78 Å². The highest BCUT2D eigenvalue weighted by Crippen LogP contribution is 2.39. The fraction of sp³-hybridized carbons (Fsp3) is 0.600. The molecule has 3 aliphatic heterocycles. The minimum absolute atomic E-state index is 0.0382. The van der Waals surface area contributed by atoms with Gasteiger partial charge in [0.25, 0.3) is 0 Å². The van der Waals surface area contributed by atoms with Gasteiger partial charge in [0.2, 0.25) is 5.76 Å². The van der Waals surface area contributed by atoms with Gasteiger partial charge in [-0.15, -0.1) is 0 Å². The minimum atomic E-state index is -1.45. The number of ketones is 2. The van der Waals surface area contributed by atoms with E-state index in [4.69, 9.17) is 23.5 Å². The van der Waals surface area contributed by atoms with Crippen LogP contribution in [0.5, 0.6) is 0 Å². The largest absolute Gasteiger partial charge is 0.459 e. The molecule has 3 aliphatic rings. The molecule has 2 aromatic heterocycles. The van der Waals surface area contributed by atoms with Crippen molar-refractivity contribution in [1.82, 2.24) is 25.7 Å². The molecule has 0 aliphatic carbocycles. The molecule has 5 heterocycles. The lowest BCUT2D eigenvalue weighted by Crippen LogP contribution is -2.62. The lowest BCUT2D eigenvalue weighted by Gasteiger charge is -2.47. The molecule has 0 saturated carbocycles. The molecular weight excluding hydrogens is 771 g/mol. The highest BCUT2D eigenvalue weighted by molar-refractivity contribution is 6.00. The summed E-state index contributed by atoms with van der Waals surface area (Å²) in [5, 5.41) is 22.6. The van der Waals surface area contributed by atoms with Gasteiger partial charge in [-0.2, -0.15) is 0 Å². The monoisotopic (exact) mass is 829 g/mol. The summed E-state index contributed by atoms with van der Waals surface area (Å²) in [4.78, 5) is 62.3. The summed E-state index contributed by atoms with van der Waals surface area (Å²) < 4.78 is 31.1. The average Bonchev–Trinajstić information content (AvgIpc) is 3.82. The molecule has 3 saturated heterocycles. The molecule has 0 bridgehead atoms. The highest BCUT2D eigenvalue weighted by atomic mass is 16.7. The second-order valence-electron chi connectivity index (χ2n) is 17.4. The van der Waals surface area contributed by atoms with E-state index < -0.39 is 83.2 Å². The quantitative estimate of drug-likeness (QED) is 0.169. The van der Waals surface area contributed by atoms with Crippen LogP contribution in [-0.4, -0.2) is 118 Å². The Kier molecular flexibility index (Phi) is 13.5. The molecule has 13 atom stereocenters. The standard InChI is InChI=1S/C45H59N5O10/c1-11-35-45(8)39(47-43(55)48-45)26(4)36(51)24(2)23-44(7,56-20-14-16-30-22-33(49-60-30)32-19-18-29-15-12-13-17-31(29)46-32)40(27(5)37(52)28(6)41(54)58-35)59-42-38(53)34(50(9)10)21-25(3)57-42/h12-13,15,17-19,22,24-28,34-35,38-40,42,53H,11,20-21,23H2,1-10H3,(H2,47,48,55)/t24-,25-,26+,27+,28-,34+,35-,38-,39-,40-,42+,44-,45-/m1/s1. The van der Waals surface area contributed by atoms with Gasteiger partial charge in [-0.1, -0.05) is 63.0 Å². The van der Waals surface area contributed by atoms with Crippen molar-refractivity contribution in [3.63, 3.8) is 0 Å². The van der Waals surface area contributed by atoms with Crippen LogP contribution >= 0.6 is 0 Å². The molecule has 60 heavy (non-hydrogen) atoms. The molecule has 6 rings (SSSR count). The van der Waals surface area contributed by atoms with Gasteiger partial charge in [0, 0.05) is 35.2 Å². The van der Waals surface area contributed by atoms with Crippen molar-refractivity contribution in [2.45, 2.75) is 129 Å². The normalized spacial score (nSPS) is 35.5. The summed E-state index contributed by atoms with van der Waals surface area (Å²) in [5.74, 6) is 1.03. The number of ether oxygens (including phenoxy) is 4. The molecule has 0 unspecified atom stereocenters. The number of benzene rings is 1. The van der Waals surface area contributed by atoms with Crippen molar-refractivity contribution in [2.75, 3.05) is 20.7 Å². The number of nitrogens with zero attached hydrogens (tertiary/aromatic N) is 3. The molecule has 0 spiro atoms. The number of urea groups is 1. The van der Waals surface area contributed by atoms with Crippen LogP contribution in [0, 0.1) is 35.5 Å². The zero-order valence-corrected chi connectivity index (χ0v) is 36.2. The van der Waals surface area contributed by atoms with E-state index in [0.29, 0.717) is 24.2 Å². The number of carbonyl (C=O) groups is 4. The van der Waals surface area contributed by atoms with Gasteiger partial charge >= 0.3 is 12.0 Å². The number of nitrogens with one attached hydrogen (secondary N) is 2. The Morgan fingerprint density at radius 1 is 0.983 bits per heavy atom. The Morgan fingerprint density at radius 2 is 1.72 bits per heavy atom. The van der Waals surface area contributed by atoms with Crippen molar-refractivity contribution in [3.05, 3.63) is 48.2 Å². The van der Waals surface area contributed by atoms with E-state index in [2.05, 4.69) is 32.6 Å². The Bertz CT molecular complexity index is 2130. The fourth-order valence-electron chi connectivity index (χ4n) is 9.26. The molecule has 0 radical (unpaired) electrons. The first kappa shape index (κ1) is 44.8. The number of likely N-dealkylation sites (N-methyl/N-ethyl adjacent to an activating group) is 1. The maximum absolute atomic E-state index is 14.5. The lowest BCUT2D eigenvalue weighted by atomic mass is 9.73. The number of hydrogen-bond acceptors (Lipinski definition) is 13. The Balaban J connectivity index is 1.36. The number of aromatic nitrogens is 2. The van der Waals surface area contributed by atoms with Crippen LogP contribution in [0.15, 0.2) is 47.0 Å². The predicted molar refractivity (Wildman–Crippen MR) is 221 cm³/mol. The summed E-state index contributed by atoms with van der Waals surface area (Å²) >= 11 is 0.